The molecule has 2 rings (SSSR count). The van der Waals surface area contributed by atoms with Crippen molar-refractivity contribution in [2.24, 2.45) is 0 Å². The zero-order valence-electron chi connectivity index (χ0n) is 6.84. The van der Waals surface area contributed by atoms with Crippen LogP contribution in [0.5, 0.6) is 0 Å². The highest BCUT2D eigenvalue weighted by molar-refractivity contribution is 8.00. The number of nitrogens with two attached hydrogens (primary N) is 1. The van der Waals surface area contributed by atoms with E-state index >= 15 is 0 Å². The minimum atomic E-state index is 0.389. The van der Waals surface area contributed by atoms with Crippen molar-refractivity contribution in [3.8, 4) is 0 Å². The lowest BCUT2D eigenvalue weighted by Gasteiger charge is -2.07. The van der Waals surface area contributed by atoms with Crippen LogP contribution >= 0.6 is 11.8 Å². The highest BCUT2D eigenvalue weighted by Crippen LogP contribution is 2.34. The van der Waals surface area contributed by atoms with Gasteiger partial charge in [0.1, 0.15) is 0 Å². The number of nitrogens with zero attached hydrogens (tertiary/aromatic N) is 4. The average Bonchev–Trinajstić information content (AvgIpc) is 2.58. The second kappa shape index (κ2) is 2.93. The number of hydrogen-bond acceptors (Lipinski definition) is 5. The molecule has 0 aromatic carbocycles. The quantitative estimate of drug-likeness (QED) is 0.682. The van der Waals surface area contributed by atoms with Gasteiger partial charge in [-0.2, -0.15) is 11.8 Å². The maximum absolute atomic E-state index is 5.58. The molecule has 0 radical (unpaired) electrons. The van der Waals surface area contributed by atoms with Crippen LogP contribution in [0.3, 0.4) is 0 Å². The lowest BCUT2D eigenvalue weighted by Crippen LogP contribution is -2.13. The van der Waals surface area contributed by atoms with Crippen molar-refractivity contribution in [1.82, 2.24) is 20.2 Å². The number of hydrogen-bond donors (Lipinski definition) is 1. The lowest BCUT2D eigenvalue weighted by atomic mass is 10.2. The molecule has 1 aromatic heterocycles. The van der Waals surface area contributed by atoms with Crippen molar-refractivity contribution in [3.63, 3.8) is 0 Å². The molecular formula is C6H11N5S. The van der Waals surface area contributed by atoms with Gasteiger partial charge < -0.3 is 5.73 Å². The van der Waals surface area contributed by atoms with Gasteiger partial charge in [-0.15, -0.1) is 0 Å². The summed E-state index contributed by atoms with van der Waals surface area (Å²) in [6, 6.07) is 0.389. The van der Waals surface area contributed by atoms with Gasteiger partial charge in [0, 0.05) is 11.0 Å². The number of rotatable bonds is 1. The molecule has 2 heterocycles. The number of thioether (sulfide) groups is 1. The van der Waals surface area contributed by atoms with Gasteiger partial charge in [0.2, 0.25) is 5.95 Å². The fourth-order valence-corrected chi connectivity index (χ4v) is 2.61. The Morgan fingerprint density at radius 3 is 3.00 bits per heavy atom. The SMILES string of the molecule is CC1CC(n2nnnc2N)CS1. The summed E-state index contributed by atoms with van der Waals surface area (Å²) in [5.41, 5.74) is 5.58. The van der Waals surface area contributed by atoms with E-state index in [1.807, 2.05) is 11.8 Å². The minimum Gasteiger partial charge on any atom is -0.367 e. The molecule has 12 heavy (non-hydrogen) atoms. The second-order valence-electron chi connectivity index (χ2n) is 3.02. The van der Waals surface area contributed by atoms with Gasteiger partial charge >= 0.3 is 0 Å². The number of tetrazole rings is 1. The molecule has 1 aliphatic rings. The molecule has 0 spiro atoms. The van der Waals surface area contributed by atoms with Crippen LogP contribution in [0.2, 0.25) is 0 Å². The Balaban J connectivity index is 2.16. The van der Waals surface area contributed by atoms with Crippen LogP contribution in [0.25, 0.3) is 0 Å². The summed E-state index contributed by atoms with van der Waals surface area (Å²) >= 11 is 1.94. The first-order valence-corrected chi connectivity index (χ1v) is 4.97. The molecular weight excluding hydrogens is 174 g/mol. The summed E-state index contributed by atoms with van der Waals surface area (Å²) in [6.45, 7) is 2.21. The molecule has 0 amide bonds. The Kier molecular flexibility index (Phi) is 1.92. The van der Waals surface area contributed by atoms with E-state index in [2.05, 4.69) is 22.4 Å². The van der Waals surface area contributed by atoms with Crippen LogP contribution in [-0.4, -0.2) is 31.2 Å². The van der Waals surface area contributed by atoms with Crippen LogP contribution in [0.1, 0.15) is 19.4 Å². The second-order valence-corrected chi connectivity index (χ2v) is 4.49. The van der Waals surface area contributed by atoms with Crippen molar-refractivity contribution in [1.29, 1.82) is 0 Å². The van der Waals surface area contributed by atoms with Crippen LogP contribution < -0.4 is 5.73 Å². The van der Waals surface area contributed by atoms with Crippen molar-refractivity contribution in [2.75, 3.05) is 11.5 Å². The fourth-order valence-electron chi connectivity index (χ4n) is 1.43. The predicted molar refractivity (Wildman–Crippen MR) is 47.8 cm³/mol. The van der Waals surface area contributed by atoms with E-state index in [1.54, 1.807) is 4.68 Å². The van der Waals surface area contributed by atoms with E-state index in [-0.39, 0.29) is 0 Å². The summed E-state index contributed by atoms with van der Waals surface area (Å²) in [6.07, 6.45) is 1.11. The van der Waals surface area contributed by atoms with Crippen LogP contribution in [0, 0.1) is 0 Å². The van der Waals surface area contributed by atoms with Gasteiger partial charge in [0.25, 0.3) is 0 Å². The van der Waals surface area contributed by atoms with Crippen molar-refractivity contribution >= 4 is 17.7 Å². The normalized spacial score (nSPS) is 29.4. The van der Waals surface area contributed by atoms with E-state index in [4.69, 9.17) is 5.73 Å². The topological polar surface area (TPSA) is 69.6 Å². The monoisotopic (exact) mass is 185 g/mol. The highest BCUT2D eigenvalue weighted by Gasteiger charge is 2.25. The van der Waals surface area contributed by atoms with E-state index in [0.29, 0.717) is 17.2 Å². The summed E-state index contributed by atoms with van der Waals surface area (Å²) in [7, 11) is 0. The van der Waals surface area contributed by atoms with E-state index in [9.17, 15) is 0 Å². The molecule has 6 heteroatoms. The summed E-state index contributed by atoms with van der Waals surface area (Å²) in [5.74, 6) is 1.49. The molecule has 0 saturated carbocycles. The third kappa shape index (κ3) is 1.26. The maximum atomic E-state index is 5.58. The molecule has 2 N–H and O–H groups in total. The predicted octanol–water partition coefficient (Wildman–Crippen LogP) is 0.322. The number of anilines is 1. The lowest BCUT2D eigenvalue weighted by molar-refractivity contribution is 0.477. The van der Waals surface area contributed by atoms with Gasteiger partial charge in [-0.1, -0.05) is 12.0 Å². The first-order valence-electron chi connectivity index (χ1n) is 3.92. The zero-order valence-corrected chi connectivity index (χ0v) is 7.66. The third-order valence-corrected chi connectivity index (χ3v) is 3.38. The van der Waals surface area contributed by atoms with Crippen LogP contribution in [0.15, 0.2) is 0 Å². The molecule has 1 aromatic rings. The molecule has 0 bridgehead atoms. The van der Waals surface area contributed by atoms with E-state index in [1.165, 1.54) is 0 Å². The minimum absolute atomic E-state index is 0.389. The zero-order chi connectivity index (χ0) is 8.55. The molecule has 66 valence electrons. The standard InChI is InChI=1S/C6H11N5S/c1-4-2-5(3-12-4)11-6(7)8-9-10-11/h4-5H,2-3H2,1H3,(H2,7,8,10). The molecule has 1 fully saturated rings. The van der Waals surface area contributed by atoms with E-state index in [0.717, 1.165) is 12.2 Å². The fraction of sp³-hybridized carbons (Fsp3) is 0.833. The summed E-state index contributed by atoms with van der Waals surface area (Å²) < 4.78 is 1.72. The Morgan fingerprint density at radius 1 is 1.67 bits per heavy atom. The van der Waals surface area contributed by atoms with Gasteiger partial charge in [-0.25, -0.2) is 4.68 Å². The van der Waals surface area contributed by atoms with Crippen LogP contribution in [0.4, 0.5) is 5.95 Å². The maximum Gasteiger partial charge on any atom is 0.240 e. The molecule has 0 aliphatic carbocycles. The smallest absolute Gasteiger partial charge is 0.240 e. The summed E-state index contributed by atoms with van der Waals surface area (Å²) in [4.78, 5) is 0. The van der Waals surface area contributed by atoms with E-state index < -0.39 is 0 Å². The first kappa shape index (κ1) is 7.85. The van der Waals surface area contributed by atoms with Crippen molar-refractivity contribution < 1.29 is 0 Å². The Labute approximate surface area is 74.7 Å². The van der Waals surface area contributed by atoms with Crippen molar-refractivity contribution in [3.05, 3.63) is 0 Å². The Morgan fingerprint density at radius 2 is 2.50 bits per heavy atom. The van der Waals surface area contributed by atoms with Gasteiger partial charge in [0.05, 0.1) is 6.04 Å². The molecule has 5 nitrogen and oxygen atoms in total. The molecule has 1 aliphatic heterocycles. The van der Waals surface area contributed by atoms with Gasteiger partial charge in [-0.3, -0.25) is 0 Å². The average molecular weight is 185 g/mol. The molecule has 1 saturated heterocycles. The first-order chi connectivity index (χ1) is 5.77. The Bertz CT molecular complexity index is 273. The molecule has 2 unspecified atom stereocenters. The third-order valence-electron chi connectivity index (χ3n) is 2.04. The highest BCUT2D eigenvalue weighted by atomic mass is 32.2. The number of aromatic nitrogens is 4. The summed E-state index contributed by atoms with van der Waals surface area (Å²) in [5, 5.41) is 11.7. The number of nitrogen functional groups attached to an aromatic ring is 1. The van der Waals surface area contributed by atoms with Gasteiger partial charge in [-0.05, 0) is 16.8 Å². The van der Waals surface area contributed by atoms with Crippen molar-refractivity contribution in [2.45, 2.75) is 24.6 Å². The molecule has 2 atom stereocenters. The Hall–Kier alpha value is -0.780. The van der Waals surface area contributed by atoms with Crippen LogP contribution in [-0.2, 0) is 0 Å². The largest absolute Gasteiger partial charge is 0.367 e. The van der Waals surface area contributed by atoms with Gasteiger partial charge in [0.15, 0.2) is 0 Å².